The fraction of sp³-hybridized carbons (Fsp3) is 0.474. The summed E-state index contributed by atoms with van der Waals surface area (Å²) in [6, 6.07) is 7.91. The quantitative estimate of drug-likeness (QED) is 0.737. The SMILES string of the molecule is O=C(NCc1ccccc1Br)C1CCN(c2nnc(N3CCCC3=O)s2)CC1. The van der Waals surface area contributed by atoms with Crippen LogP contribution in [0.15, 0.2) is 28.7 Å². The number of nitrogens with zero attached hydrogens (tertiary/aromatic N) is 4. The van der Waals surface area contributed by atoms with Gasteiger partial charge in [-0.1, -0.05) is 45.5 Å². The van der Waals surface area contributed by atoms with Crippen LogP contribution in [0.1, 0.15) is 31.2 Å². The summed E-state index contributed by atoms with van der Waals surface area (Å²) in [5.41, 5.74) is 1.08. The van der Waals surface area contributed by atoms with E-state index in [9.17, 15) is 9.59 Å². The van der Waals surface area contributed by atoms with E-state index in [0.717, 1.165) is 54.1 Å². The summed E-state index contributed by atoms with van der Waals surface area (Å²) in [5.74, 6) is 0.255. The summed E-state index contributed by atoms with van der Waals surface area (Å²) in [5, 5.41) is 13.0. The number of rotatable bonds is 5. The summed E-state index contributed by atoms with van der Waals surface area (Å²) in [6.45, 7) is 2.81. The number of amides is 2. The second kappa shape index (κ2) is 8.57. The molecule has 1 N–H and O–H groups in total. The van der Waals surface area contributed by atoms with Crippen LogP contribution in [0.2, 0.25) is 0 Å². The molecule has 3 heterocycles. The van der Waals surface area contributed by atoms with Crippen LogP contribution in [0, 0.1) is 5.92 Å². The Hall–Kier alpha value is -2.00. The molecule has 9 heteroatoms. The van der Waals surface area contributed by atoms with Crippen molar-refractivity contribution in [3.63, 3.8) is 0 Å². The van der Waals surface area contributed by atoms with Crippen LogP contribution >= 0.6 is 27.3 Å². The zero-order valence-electron chi connectivity index (χ0n) is 15.4. The first-order chi connectivity index (χ1) is 13.6. The Balaban J connectivity index is 1.28. The second-order valence-electron chi connectivity index (χ2n) is 7.09. The highest BCUT2D eigenvalue weighted by Crippen LogP contribution is 2.32. The molecule has 2 aliphatic rings. The molecule has 148 valence electrons. The first-order valence-electron chi connectivity index (χ1n) is 9.52. The number of piperidine rings is 1. The highest BCUT2D eigenvalue weighted by molar-refractivity contribution is 9.10. The maximum Gasteiger partial charge on any atom is 0.228 e. The number of halogens is 1. The maximum atomic E-state index is 12.5. The van der Waals surface area contributed by atoms with Crippen molar-refractivity contribution in [2.24, 2.45) is 5.92 Å². The van der Waals surface area contributed by atoms with Gasteiger partial charge in [0.1, 0.15) is 0 Å². The predicted octanol–water partition coefficient (Wildman–Crippen LogP) is 2.96. The zero-order valence-corrected chi connectivity index (χ0v) is 17.8. The number of hydrogen-bond donors (Lipinski definition) is 1. The van der Waals surface area contributed by atoms with E-state index in [1.165, 1.54) is 11.3 Å². The van der Waals surface area contributed by atoms with Crippen LogP contribution in [0.3, 0.4) is 0 Å². The van der Waals surface area contributed by atoms with Crippen molar-refractivity contribution in [3.8, 4) is 0 Å². The number of carbonyl (C=O) groups excluding carboxylic acids is 2. The molecule has 0 saturated carbocycles. The molecule has 7 nitrogen and oxygen atoms in total. The monoisotopic (exact) mass is 463 g/mol. The summed E-state index contributed by atoms with van der Waals surface area (Å²) in [7, 11) is 0. The number of anilines is 2. The largest absolute Gasteiger partial charge is 0.352 e. The molecular weight excluding hydrogens is 442 g/mol. The van der Waals surface area contributed by atoms with Crippen LogP contribution < -0.4 is 15.1 Å². The van der Waals surface area contributed by atoms with Gasteiger partial charge in [-0.05, 0) is 30.9 Å². The highest BCUT2D eigenvalue weighted by atomic mass is 79.9. The first kappa shape index (κ1) is 19.3. The van der Waals surface area contributed by atoms with Gasteiger partial charge < -0.3 is 10.2 Å². The first-order valence-corrected chi connectivity index (χ1v) is 11.1. The number of aromatic nitrogens is 2. The normalized spacial score (nSPS) is 18.0. The standard InChI is InChI=1S/C19H22BrN5O2S/c20-15-5-2-1-4-14(15)12-21-17(27)13-7-10-24(11-8-13)18-22-23-19(28-18)25-9-3-6-16(25)26/h1-2,4-5,13H,3,6-12H2,(H,21,27). The zero-order chi connectivity index (χ0) is 19.5. The van der Waals surface area contributed by atoms with E-state index in [4.69, 9.17) is 0 Å². The van der Waals surface area contributed by atoms with Gasteiger partial charge in [0.2, 0.25) is 22.1 Å². The van der Waals surface area contributed by atoms with Crippen molar-refractivity contribution in [1.82, 2.24) is 15.5 Å². The van der Waals surface area contributed by atoms with Gasteiger partial charge in [-0.15, -0.1) is 10.2 Å². The van der Waals surface area contributed by atoms with Gasteiger partial charge in [-0.3, -0.25) is 14.5 Å². The van der Waals surface area contributed by atoms with Crippen LogP contribution in [0.4, 0.5) is 10.3 Å². The molecule has 0 atom stereocenters. The third kappa shape index (κ3) is 4.20. The molecule has 0 aliphatic carbocycles. The maximum absolute atomic E-state index is 12.5. The van der Waals surface area contributed by atoms with Crippen molar-refractivity contribution in [2.45, 2.75) is 32.2 Å². The van der Waals surface area contributed by atoms with Crippen molar-refractivity contribution in [1.29, 1.82) is 0 Å². The predicted molar refractivity (Wildman–Crippen MR) is 112 cm³/mol. The van der Waals surface area contributed by atoms with Crippen LogP contribution in [-0.2, 0) is 16.1 Å². The average Bonchev–Trinajstić information content (AvgIpc) is 3.36. The topological polar surface area (TPSA) is 78.4 Å². The van der Waals surface area contributed by atoms with Gasteiger partial charge in [0.25, 0.3) is 0 Å². The lowest BCUT2D eigenvalue weighted by Crippen LogP contribution is -2.40. The van der Waals surface area contributed by atoms with Crippen LogP contribution in [-0.4, -0.2) is 41.6 Å². The molecular formula is C19H22BrN5O2S. The van der Waals surface area contributed by atoms with Gasteiger partial charge in [-0.25, -0.2) is 0 Å². The number of benzene rings is 1. The van der Waals surface area contributed by atoms with E-state index < -0.39 is 0 Å². The molecule has 0 bridgehead atoms. The highest BCUT2D eigenvalue weighted by Gasteiger charge is 2.29. The van der Waals surface area contributed by atoms with Crippen molar-refractivity contribution < 1.29 is 9.59 Å². The fourth-order valence-electron chi connectivity index (χ4n) is 3.60. The number of nitrogens with one attached hydrogen (secondary N) is 1. The third-order valence-corrected chi connectivity index (χ3v) is 7.04. The van der Waals surface area contributed by atoms with Crippen LogP contribution in [0.5, 0.6) is 0 Å². The van der Waals surface area contributed by atoms with Crippen LogP contribution in [0.25, 0.3) is 0 Å². The van der Waals surface area contributed by atoms with Crippen molar-refractivity contribution in [3.05, 3.63) is 34.3 Å². The minimum Gasteiger partial charge on any atom is -0.352 e. The minimum atomic E-state index is 0.0197. The molecule has 0 unspecified atom stereocenters. The van der Waals surface area contributed by atoms with Gasteiger partial charge >= 0.3 is 0 Å². The lowest BCUT2D eigenvalue weighted by molar-refractivity contribution is -0.125. The Morgan fingerprint density at radius 2 is 1.93 bits per heavy atom. The molecule has 2 fully saturated rings. The summed E-state index contributed by atoms with van der Waals surface area (Å²) >= 11 is 4.97. The molecule has 0 radical (unpaired) electrons. The van der Waals surface area contributed by atoms with Gasteiger partial charge in [-0.2, -0.15) is 0 Å². The molecule has 28 heavy (non-hydrogen) atoms. The van der Waals surface area contributed by atoms with E-state index in [0.29, 0.717) is 18.1 Å². The van der Waals surface area contributed by atoms with E-state index in [2.05, 4.69) is 36.3 Å². The number of carbonyl (C=O) groups is 2. The molecule has 2 aromatic rings. The molecule has 2 amide bonds. The average molecular weight is 464 g/mol. The van der Waals surface area contributed by atoms with Gasteiger partial charge in [0.05, 0.1) is 0 Å². The van der Waals surface area contributed by atoms with E-state index in [-0.39, 0.29) is 17.7 Å². The fourth-order valence-corrected chi connectivity index (χ4v) is 4.96. The molecule has 2 aliphatic heterocycles. The second-order valence-corrected chi connectivity index (χ2v) is 8.88. The smallest absolute Gasteiger partial charge is 0.228 e. The van der Waals surface area contributed by atoms with E-state index >= 15 is 0 Å². The lowest BCUT2D eigenvalue weighted by Gasteiger charge is -2.30. The minimum absolute atomic E-state index is 0.0197. The van der Waals surface area contributed by atoms with Crippen molar-refractivity contribution in [2.75, 3.05) is 29.4 Å². The Kier molecular flexibility index (Phi) is 5.91. The third-order valence-electron chi connectivity index (χ3n) is 5.26. The number of hydrogen-bond acceptors (Lipinski definition) is 6. The van der Waals surface area contributed by atoms with Gasteiger partial charge in [0.15, 0.2) is 0 Å². The summed E-state index contributed by atoms with van der Waals surface area (Å²) in [6.07, 6.45) is 3.06. The van der Waals surface area contributed by atoms with Gasteiger partial charge in [0, 0.05) is 43.0 Å². The molecule has 1 aromatic carbocycles. The Labute approximate surface area is 176 Å². The Morgan fingerprint density at radius 3 is 2.64 bits per heavy atom. The molecule has 2 saturated heterocycles. The lowest BCUT2D eigenvalue weighted by atomic mass is 9.96. The Morgan fingerprint density at radius 1 is 1.18 bits per heavy atom. The molecule has 1 aromatic heterocycles. The summed E-state index contributed by atoms with van der Waals surface area (Å²) < 4.78 is 1.01. The molecule has 0 spiro atoms. The van der Waals surface area contributed by atoms with E-state index in [1.807, 2.05) is 24.3 Å². The Bertz CT molecular complexity index is 866. The van der Waals surface area contributed by atoms with Crippen molar-refractivity contribution >= 4 is 49.3 Å². The molecule has 4 rings (SSSR count). The summed E-state index contributed by atoms with van der Waals surface area (Å²) in [4.78, 5) is 28.3. The van der Waals surface area contributed by atoms with E-state index in [1.54, 1.807) is 4.90 Å².